The van der Waals surface area contributed by atoms with Crippen molar-refractivity contribution in [2.45, 2.75) is 38.6 Å². The molecule has 0 bridgehead atoms. The molecule has 7 nitrogen and oxygen atoms in total. The molecule has 0 radical (unpaired) electrons. The second kappa shape index (κ2) is 6.64. The number of imidazole rings is 1. The summed E-state index contributed by atoms with van der Waals surface area (Å²) in [5, 5.41) is 11.5. The van der Waals surface area contributed by atoms with Gasteiger partial charge in [0.1, 0.15) is 18.2 Å². The highest BCUT2D eigenvalue weighted by Gasteiger charge is 2.22. The standard InChI is InChI=1S/C16H22N6O/c1-2-15(20-18-5-1)19-13-3-6-21(7-4-13)11-14-10-17-16-12-23-9-8-22(14)16/h1-2,5,10,13H,3-4,6-9,11-12H2,(H,19,20). The van der Waals surface area contributed by atoms with Gasteiger partial charge in [0, 0.05) is 44.6 Å². The molecule has 4 heterocycles. The van der Waals surface area contributed by atoms with Gasteiger partial charge < -0.3 is 14.6 Å². The summed E-state index contributed by atoms with van der Waals surface area (Å²) in [6.45, 7) is 5.52. The van der Waals surface area contributed by atoms with E-state index in [0.29, 0.717) is 12.6 Å². The predicted molar refractivity (Wildman–Crippen MR) is 85.8 cm³/mol. The average molecular weight is 314 g/mol. The maximum atomic E-state index is 5.45. The van der Waals surface area contributed by atoms with Gasteiger partial charge in [-0.05, 0) is 25.0 Å². The molecule has 0 unspecified atom stereocenters. The normalized spacial score (nSPS) is 19.5. The second-order valence-corrected chi connectivity index (χ2v) is 6.17. The first-order valence-corrected chi connectivity index (χ1v) is 8.26. The molecule has 0 spiro atoms. The number of ether oxygens (including phenoxy) is 1. The van der Waals surface area contributed by atoms with Crippen molar-refractivity contribution in [2.75, 3.05) is 25.0 Å². The monoisotopic (exact) mass is 314 g/mol. The molecule has 7 heteroatoms. The molecule has 1 fully saturated rings. The Bertz CT molecular complexity index is 635. The van der Waals surface area contributed by atoms with Crippen molar-refractivity contribution in [1.82, 2.24) is 24.6 Å². The Hall–Kier alpha value is -1.99. The van der Waals surface area contributed by atoms with Crippen LogP contribution in [0.5, 0.6) is 0 Å². The van der Waals surface area contributed by atoms with E-state index in [1.54, 1.807) is 6.20 Å². The van der Waals surface area contributed by atoms with Crippen LogP contribution in [0.15, 0.2) is 24.5 Å². The van der Waals surface area contributed by atoms with E-state index in [1.807, 2.05) is 18.3 Å². The minimum atomic E-state index is 0.482. The SMILES string of the molecule is c1cnnc(NC2CCN(Cc3cnc4n3CCOC4)CC2)c1. The molecule has 1 saturated heterocycles. The summed E-state index contributed by atoms with van der Waals surface area (Å²) in [5.74, 6) is 1.93. The molecule has 0 atom stereocenters. The molecule has 0 saturated carbocycles. The summed E-state index contributed by atoms with van der Waals surface area (Å²) < 4.78 is 7.77. The van der Waals surface area contributed by atoms with E-state index in [2.05, 4.69) is 30.0 Å². The number of rotatable bonds is 4. The fourth-order valence-corrected chi connectivity index (χ4v) is 3.34. The molecule has 2 aliphatic rings. The Balaban J connectivity index is 1.31. The minimum Gasteiger partial charge on any atom is -0.372 e. The predicted octanol–water partition coefficient (Wildman–Crippen LogP) is 1.28. The third-order valence-electron chi connectivity index (χ3n) is 4.61. The smallest absolute Gasteiger partial charge is 0.148 e. The van der Waals surface area contributed by atoms with Crippen LogP contribution >= 0.6 is 0 Å². The Kier molecular flexibility index (Phi) is 4.21. The molecule has 1 N–H and O–H groups in total. The first-order chi connectivity index (χ1) is 11.4. The van der Waals surface area contributed by atoms with E-state index in [0.717, 1.165) is 57.3 Å². The van der Waals surface area contributed by atoms with Crippen molar-refractivity contribution in [3.63, 3.8) is 0 Å². The molecule has 2 aromatic heterocycles. The number of piperidine rings is 1. The molecule has 2 aromatic rings. The Morgan fingerprint density at radius 1 is 1.26 bits per heavy atom. The summed E-state index contributed by atoms with van der Waals surface area (Å²) in [4.78, 5) is 6.99. The van der Waals surface area contributed by atoms with Crippen LogP contribution in [-0.4, -0.2) is 50.4 Å². The fraction of sp³-hybridized carbons (Fsp3) is 0.562. The minimum absolute atomic E-state index is 0.482. The van der Waals surface area contributed by atoms with Crippen LogP contribution in [0, 0.1) is 0 Å². The lowest BCUT2D eigenvalue weighted by atomic mass is 10.0. The zero-order valence-corrected chi connectivity index (χ0v) is 13.2. The van der Waals surface area contributed by atoms with Gasteiger partial charge in [0.25, 0.3) is 0 Å². The van der Waals surface area contributed by atoms with Crippen molar-refractivity contribution in [2.24, 2.45) is 0 Å². The molecule has 0 aliphatic carbocycles. The molecule has 0 aromatic carbocycles. The fourth-order valence-electron chi connectivity index (χ4n) is 3.34. The number of hydrogen-bond acceptors (Lipinski definition) is 6. The van der Waals surface area contributed by atoms with Gasteiger partial charge in [-0.25, -0.2) is 4.98 Å². The first-order valence-electron chi connectivity index (χ1n) is 8.26. The summed E-state index contributed by atoms with van der Waals surface area (Å²) in [7, 11) is 0. The van der Waals surface area contributed by atoms with Gasteiger partial charge in [-0.3, -0.25) is 4.90 Å². The summed E-state index contributed by atoms with van der Waals surface area (Å²) in [5.41, 5.74) is 1.31. The van der Waals surface area contributed by atoms with Crippen LogP contribution in [0.4, 0.5) is 5.82 Å². The molecule has 23 heavy (non-hydrogen) atoms. The number of aromatic nitrogens is 4. The maximum absolute atomic E-state index is 5.45. The third kappa shape index (κ3) is 3.35. The summed E-state index contributed by atoms with van der Waals surface area (Å²) in [6, 6.07) is 4.37. The quantitative estimate of drug-likeness (QED) is 0.917. The number of nitrogens with zero attached hydrogens (tertiary/aromatic N) is 5. The molecular weight excluding hydrogens is 292 g/mol. The van der Waals surface area contributed by atoms with E-state index in [-0.39, 0.29) is 0 Å². The maximum Gasteiger partial charge on any atom is 0.148 e. The van der Waals surface area contributed by atoms with Crippen molar-refractivity contribution in [1.29, 1.82) is 0 Å². The number of nitrogens with one attached hydrogen (secondary N) is 1. The van der Waals surface area contributed by atoms with Crippen LogP contribution in [0.3, 0.4) is 0 Å². The Labute approximate surface area is 135 Å². The van der Waals surface area contributed by atoms with Crippen LogP contribution < -0.4 is 5.32 Å². The second-order valence-electron chi connectivity index (χ2n) is 6.17. The average Bonchev–Trinajstić information content (AvgIpc) is 3.01. The molecule has 2 aliphatic heterocycles. The van der Waals surface area contributed by atoms with Gasteiger partial charge >= 0.3 is 0 Å². The van der Waals surface area contributed by atoms with E-state index in [4.69, 9.17) is 4.74 Å². The summed E-state index contributed by atoms with van der Waals surface area (Å²) in [6.07, 6.45) is 5.96. The number of hydrogen-bond donors (Lipinski definition) is 1. The van der Waals surface area contributed by atoms with E-state index >= 15 is 0 Å². The van der Waals surface area contributed by atoms with Crippen molar-refractivity contribution in [3.05, 3.63) is 36.0 Å². The van der Waals surface area contributed by atoms with Gasteiger partial charge in [0.2, 0.25) is 0 Å². The topological polar surface area (TPSA) is 68.1 Å². The van der Waals surface area contributed by atoms with Crippen LogP contribution in [0.25, 0.3) is 0 Å². The van der Waals surface area contributed by atoms with Gasteiger partial charge in [0.05, 0.1) is 12.3 Å². The zero-order chi connectivity index (χ0) is 15.5. The van der Waals surface area contributed by atoms with Crippen molar-refractivity contribution >= 4 is 5.82 Å². The Morgan fingerprint density at radius 2 is 2.17 bits per heavy atom. The Morgan fingerprint density at radius 3 is 3.00 bits per heavy atom. The highest BCUT2D eigenvalue weighted by atomic mass is 16.5. The molecule has 0 amide bonds. The lowest BCUT2D eigenvalue weighted by Gasteiger charge is -2.32. The lowest BCUT2D eigenvalue weighted by Crippen LogP contribution is -2.39. The van der Waals surface area contributed by atoms with Gasteiger partial charge in [-0.1, -0.05) is 0 Å². The van der Waals surface area contributed by atoms with Crippen molar-refractivity contribution in [3.8, 4) is 0 Å². The molecular formula is C16H22N6O. The number of anilines is 1. The zero-order valence-electron chi connectivity index (χ0n) is 13.2. The highest BCUT2D eigenvalue weighted by molar-refractivity contribution is 5.33. The van der Waals surface area contributed by atoms with Gasteiger partial charge in [-0.2, -0.15) is 5.10 Å². The van der Waals surface area contributed by atoms with Crippen LogP contribution in [-0.2, 0) is 24.4 Å². The summed E-state index contributed by atoms with van der Waals surface area (Å²) >= 11 is 0. The van der Waals surface area contributed by atoms with E-state index in [9.17, 15) is 0 Å². The third-order valence-corrected chi connectivity index (χ3v) is 4.61. The van der Waals surface area contributed by atoms with Crippen LogP contribution in [0.2, 0.25) is 0 Å². The first kappa shape index (κ1) is 14.6. The van der Waals surface area contributed by atoms with E-state index < -0.39 is 0 Å². The van der Waals surface area contributed by atoms with Gasteiger partial charge in [0.15, 0.2) is 0 Å². The molecule has 4 rings (SSSR count). The largest absolute Gasteiger partial charge is 0.372 e. The molecule has 122 valence electrons. The lowest BCUT2D eigenvalue weighted by molar-refractivity contribution is 0.0792. The van der Waals surface area contributed by atoms with Gasteiger partial charge in [-0.15, -0.1) is 5.10 Å². The van der Waals surface area contributed by atoms with E-state index in [1.165, 1.54) is 5.69 Å². The number of fused-ring (bicyclic) bond motifs is 1. The van der Waals surface area contributed by atoms with Crippen LogP contribution in [0.1, 0.15) is 24.4 Å². The number of likely N-dealkylation sites (tertiary alicyclic amines) is 1. The highest BCUT2D eigenvalue weighted by Crippen LogP contribution is 2.18. The van der Waals surface area contributed by atoms with Crippen molar-refractivity contribution < 1.29 is 4.74 Å².